The third-order valence-electron chi connectivity index (χ3n) is 6.30. The van der Waals surface area contributed by atoms with Crippen molar-refractivity contribution in [3.05, 3.63) is 72.0 Å². The Bertz CT molecular complexity index is 998. The lowest BCUT2D eigenvalue weighted by molar-refractivity contribution is 0.0353. The van der Waals surface area contributed by atoms with Crippen molar-refractivity contribution in [2.24, 2.45) is 4.99 Å². The Labute approximate surface area is 213 Å². The van der Waals surface area contributed by atoms with Crippen molar-refractivity contribution in [1.29, 1.82) is 0 Å². The largest absolute Gasteiger partial charge is 0.459 e. The molecule has 178 valence electrons. The molecule has 0 spiro atoms. The molecule has 0 amide bonds. The molecule has 2 N–H and O–H groups in total. The van der Waals surface area contributed by atoms with Gasteiger partial charge in [0.2, 0.25) is 0 Å². The van der Waals surface area contributed by atoms with E-state index < -0.39 is 0 Å². The summed E-state index contributed by atoms with van der Waals surface area (Å²) < 4.78 is 11.7. The van der Waals surface area contributed by atoms with Crippen molar-refractivity contribution >= 4 is 40.9 Å². The molecule has 1 saturated heterocycles. The molecule has 1 aromatic heterocycles. The van der Waals surface area contributed by atoms with E-state index in [1.807, 2.05) is 32.3 Å². The third-order valence-corrected chi connectivity index (χ3v) is 6.30. The van der Waals surface area contributed by atoms with Crippen LogP contribution in [0.25, 0.3) is 11.0 Å². The van der Waals surface area contributed by atoms with Gasteiger partial charge in [-0.1, -0.05) is 48.5 Å². The first kappa shape index (κ1) is 25.5. The number of ether oxygens (including phenoxy) is 1. The number of nitrogens with zero attached hydrogens (tertiary/aromatic N) is 2. The Kier molecular flexibility index (Phi) is 9.17. The Balaban J connectivity index is 0.00000306. The summed E-state index contributed by atoms with van der Waals surface area (Å²) in [5, 5.41) is 8.63. The van der Waals surface area contributed by atoms with Gasteiger partial charge >= 0.3 is 0 Å². The quantitative estimate of drug-likeness (QED) is 0.242. The van der Waals surface area contributed by atoms with Crippen molar-refractivity contribution in [3.63, 3.8) is 0 Å². The van der Waals surface area contributed by atoms with Crippen LogP contribution >= 0.6 is 24.0 Å². The number of hydrogen-bond acceptors (Lipinski definition) is 4. The van der Waals surface area contributed by atoms with E-state index in [1.165, 1.54) is 5.56 Å². The van der Waals surface area contributed by atoms with Crippen LogP contribution in [0.5, 0.6) is 0 Å². The Morgan fingerprint density at radius 2 is 1.79 bits per heavy atom. The standard InChI is InChI=1S/C26H34N4O2.HI/c1-20(21-9-5-4-6-10-21)29-26(13-15-31-16-14-26)19-28-25(27-2)30(3)18-23-17-22-11-7-8-12-24(22)32-23;/h4-12,17,20,29H,13-16,18-19H2,1-3H3,(H,27,28);1H. The number of fused-ring (bicyclic) bond motifs is 1. The number of aliphatic imine (C=N–C) groups is 1. The monoisotopic (exact) mass is 562 g/mol. The first-order valence-electron chi connectivity index (χ1n) is 11.4. The summed E-state index contributed by atoms with van der Waals surface area (Å²) >= 11 is 0. The molecule has 7 heteroatoms. The molecule has 1 aliphatic rings. The van der Waals surface area contributed by atoms with Gasteiger partial charge in [0.05, 0.1) is 6.54 Å². The smallest absolute Gasteiger partial charge is 0.193 e. The number of nitrogens with one attached hydrogen (secondary N) is 2. The highest BCUT2D eigenvalue weighted by Gasteiger charge is 2.34. The van der Waals surface area contributed by atoms with Crippen LogP contribution in [0, 0.1) is 0 Å². The summed E-state index contributed by atoms with van der Waals surface area (Å²) in [6, 6.07) is 21.1. The predicted octanol–water partition coefficient (Wildman–Crippen LogP) is 4.96. The normalized spacial score (nSPS) is 16.8. The molecule has 0 saturated carbocycles. The van der Waals surface area contributed by atoms with Crippen LogP contribution in [-0.2, 0) is 11.3 Å². The molecule has 1 unspecified atom stereocenters. The molecule has 1 fully saturated rings. The molecule has 0 bridgehead atoms. The van der Waals surface area contributed by atoms with Crippen LogP contribution in [0.3, 0.4) is 0 Å². The maximum absolute atomic E-state index is 6.00. The molecule has 1 atom stereocenters. The SMILES string of the molecule is CN=C(NCC1(NC(C)c2ccccc2)CCOCC1)N(C)Cc1cc2ccccc2o1.I. The molecule has 4 rings (SSSR count). The molecule has 0 aliphatic carbocycles. The van der Waals surface area contributed by atoms with Gasteiger partial charge in [-0.25, -0.2) is 0 Å². The van der Waals surface area contributed by atoms with E-state index in [9.17, 15) is 0 Å². The van der Waals surface area contributed by atoms with Crippen LogP contribution in [0.2, 0.25) is 0 Å². The summed E-state index contributed by atoms with van der Waals surface area (Å²) in [7, 11) is 3.87. The Morgan fingerprint density at radius 1 is 1.09 bits per heavy atom. The second-order valence-electron chi connectivity index (χ2n) is 8.68. The van der Waals surface area contributed by atoms with Crippen LogP contribution < -0.4 is 10.6 Å². The van der Waals surface area contributed by atoms with E-state index in [-0.39, 0.29) is 35.6 Å². The van der Waals surface area contributed by atoms with Crippen molar-refractivity contribution in [1.82, 2.24) is 15.5 Å². The summed E-state index contributed by atoms with van der Waals surface area (Å²) in [6.45, 7) is 5.20. The molecule has 6 nitrogen and oxygen atoms in total. The van der Waals surface area contributed by atoms with Gasteiger partial charge in [0.1, 0.15) is 11.3 Å². The third kappa shape index (κ3) is 6.49. The second-order valence-corrected chi connectivity index (χ2v) is 8.68. The summed E-state index contributed by atoms with van der Waals surface area (Å²) in [5.74, 6) is 1.78. The van der Waals surface area contributed by atoms with Crippen LogP contribution in [-0.4, -0.2) is 50.3 Å². The van der Waals surface area contributed by atoms with Gasteiger partial charge in [-0.3, -0.25) is 4.99 Å². The fraction of sp³-hybridized carbons (Fsp3) is 0.423. The Hall–Kier alpha value is -2.10. The maximum atomic E-state index is 6.00. The zero-order chi connectivity index (χ0) is 22.4. The molecule has 33 heavy (non-hydrogen) atoms. The van der Waals surface area contributed by atoms with E-state index in [0.717, 1.165) is 55.3 Å². The summed E-state index contributed by atoms with van der Waals surface area (Å²) in [6.07, 6.45) is 1.92. The second kappa shape index (κ2) is 11.9. The first-order valence-corrected chi connectivity index (χ1v) is 11.4. The molecular weight excluding hydrogens is 527 g/mol. The van der Waals surface area contributed by atoms with E-state index in [0.29, 0.717) is 6.54 Å². The van der Waals surface area contributed by atoms with Gasteiger partial charge < -0.3 is 24.7 Å². The molecule has 1 aliphatic heterocycles. The lowest BCUT2D eigenvalue weighted by Gasteiger charge is -2.41. The lowest BCUT2D eigenvalue weighted by Crippen LogP contribution is -2.58. The highest BCUT2D eigenvalue weighted by molar-refractivity contribution is 14.0. The van der Waals surface area contributed by atoms with Crippen molar-refractivity contribution in [2.45, 2.75) is 37.9 Å². The predicted molar refractivity (Wildman–Crippen MR) is 145 cm³/mol. The summed E-state index contributed by atoms with van der Waals surface area (Å²) in [4.78, 5) is 6.62. The summed E-state index contributed by atoms with van der Waals surface area (Å²) in [5.41, 5.74) is 2.16. The number of furan rings is 1. The number of hydrogen-bond donors (Lipinski definition) is 2. The topological polar surface area (TPSA) is 62.0 Å². The van der Waals surface area contributed by atoms with E-state index in [2.05, 4.69) is 69.9 Å². The average molecular weight is 562 g/mol. The number of para-hydroxylation sites is 1. The zero-order valence-corrected chi connectivity index (χ0v) is 22.0. The number of benzene rings is 2. The maximum Gasteiger partial charge on any atom is 0.193 e. The minimum atomic E-state index is -0.0519. The van der Waals surface area contributed by atoms with Crippen molar-refractivity contribution in [3.8, 4) is 0 Å². The zero-order valence-electron chi connectivity index (χ0n) is 19.7. The Morgan fingerprint density at radius 3 is 2.48 bits per heavy atom. The fourth-order valence-electron chi connectivity index (χ4n) is 4.48. The fourth-order valence-corrected chi connectivity index (χ4v) is 4.48. The molecule has 2 aromatic carbocycles. The van der Waals surface area contributed by atoms with Crippen LogP contribution in [0.1, 0.15) is 37.1 Å². The minimum Gasteiger partial charge on any atom is -0.459 e. The minimum absolute atomic E-state index is 0. The average Bonchev–Trinajstić information content (AvgIpc) is 3.23. The van der Waals surface area contributed by atoms with E-state index in [1.54, 1.807) is 0 Å². The van der Waals surface area contributed by atoms with E-state index in [4.69, 9.17) is 9.15 Å². The van der Waals surface area contributed by atoms with Gasteiger partial charge in [0.25, 0.3) is 0 Å². The molecule has 3 aromatic rings. The first-order chi connectivity index (χ1) is 15.6. The number of rotatable bonds is 7. The van der Waals surface area contributed by atoms with Gasteiger partial charge in [0, 0.05) is 50.8 Å². The molecular formula is C26H35IN4O2. The van der Waals surface area contributed by atoms with Gasteiger partial charge in [0.15, 0.2) is 5.96 Å². The van der Waals surface area contributed by atoms with Crippen molar-refractivity contribution in [2.75, 3.05) is 33.9 Å². The number of guanidine groups is 1. The lowest BCUT2D eigenvalue weighted by atomic mass is 9.88. The highest BCUT2D eigenvalue weighted by atomic mass is 127. The number of halogens is 1. The molecule has 2 heterocycles. The van der Waals surface area contributed by atoms with Crippen LogP contribution in [0.4, 0.5) is 0 Å². The molecule has 0 radical (unpaired) electrons. The van der Waals surface area contributed by atoms with Crippen LogP contribution in [0.15, 0.2) is 70.1 Å². The highest BCUT2D eigenvalue weighted by Crippen LogP contribution is 2.25. The van der Waals surface area contributed by atoms with E-state index >= 15 is 0 Å². The van der Waals surface area contributed by atoms with Crippen molar-refractivity contribution < 1.29 is 9.15 Å². The van der Waals surface area contributed by atoms with Gasteiger partial charge in [-0.05, 0) is 37.5 Å². The van der Waals surface area contributed by atoms with Gasteiger partial charge in [-0.15, -0.1) is 24.0 Å². The van der Waals surface area contributed by atoms with Gasteiger partial charge in [-0.2, -0.15) is 0 Å².